The summed E-state index contributed by atoms with van der Waals surface area (Å²) in [4.78, 5) is 62.8. The Kier molecular flexibility index (Phi) is 8.15. The van der Waals surface area contributed by atoms with Crippen molar-refractivity contribution in [2.45, 2.75) is 52.2 Å². The van der Waals surface area contributed by atoms with Crippen LogP contribution in [0.25, 0.3) is 22.6 Å². The van der Waals surface area contributed by atoms with Crippen LogP contribution in [0.2, 0.25) is 0 Å². The fraction of sp³-hybridized carbons (Fsp3) is 0.333. The molecule has 4 rings (SSSR count). The Hall–Kier alpha value is -4.54. The molecule has 11 nitrogen and oxygen atoms in total. The van der Waals surface area contributed by atoms with Crippen LogP contribution in [-0.4, -0.2) is 49.1 Å². The van der Waals surface area contributed by atoms with Crippen molar-refractivity contribution in [3.05, 3.63) is 80.8 Å². The predicted octanol–water partition coefficient (Wildman–Crippen LogP) is 2.28. The maximum atomic E-state index is 13.0. The van der Waals surface area contributed by atoms with Gasteiger partial charge in [-0.05, 0) is 30.5 Å². The molecule has 0 aliphatic heterocycles. The van der Waals surface area contributed by atoms with Crippen LogP contribution in [0, 0.1) is 0 Å². The van der Waals surface area contributed by atoms with Crippen molar-refractivity contribution in [2.24, 2.45) is 0 Å². The molecule has 2 N–H and O–H groups in total. The molecule has 0 saturated carbocycles. The van der Waals surface area contributed by atoms with Crippen molar-refractivity contribution in [3.8, 4) is 11.4 Å². The number of benzene rings is 1. The smallest absolute Gasteiger partial charge is 0.332 e. The first-order valence-electron chi connectivity index (χ1n) is 12.5. The average Bonchev–Trinajstić information content (AvgIpc) is 3.39. The number of H-pyrrole nitrogens is 1. The maximum Gasteiger partial charge on any atom is 0.332 e. The molecule has 0 radical (unpaired) electrons. The van der Waals surface area contributed by atoms with Gasteiger partial charge < -0.3 is 15.0 Å². The fourth-order valence-corrected chi connectivity index (χ4v) is 4.24. The summed E-state index contributed by atoms with van der Waals surface area (Å²) in [5.74, 6) is -0.744. The Bertz CT molecular complexity index is 1550. The van der Waals surface area contributed by atoms with Gasteiger partial charge in [0.2, 0.25) is 0 Å². The van der Waals surface area contributed by atoms with Crippen LogP contribution in [0.1, 0.15) is 42.7 Å². The lowest BCUT2D eigenvalue weighted by atomic mass is 10.1. The summed E-state index contributed by atoms with van der Waals surface area (Å²) in [5.41, 5.74) is 1.22. The largest absolute Gasteiger partial charge is 0.467 e. The standard InChI is InChI=1S/C27H30N6O5/c1-4-13-32-23-21(25(35)33(14-5-2)27(32)37)30-22(31-23)18-11-12-19(28-16-18)24(34)29-20(26(36)38-3)15-17-9-7-6-8-10-17/h6-12,16,20H,4-5,13-15H2,1-3H3,(H,29,34)(H,30,31). The number of aryl methyl sites for hydroxylation is 1. The zero-order valence-electron chi connectivity index (χ0n) is 21.6. The summed E-state index contributed by atoms with van der Waals surface area (Å²) < 4.78 is 7.58. The number of carbonyl (C=O) groups is 2. The Balaban J connectivity index is 1.61. The lowest BCUT2D eigenvalue weighted by Crippen LogP contribution is -2.43. The molecule has 1 amide bonds. The quantitative estimate of drug-likeness (QED) is 0.307. The second kappa shape index (κ2) is 11.7. The van der Waals surface area contributed by atoms with Crippen molar-refractivity contribution in [3.63, 3.8) is 0 Å². The van der Waals surface area contributed by atoms with Crippen LogP contribution in [0.4, 0.5) is 0 Å². The molecule has 0 saturated heterocycles. The summed E-state index contributed by atoms with van der Waals surface area (Å²) in [6.45, 7) is 4.58. The number of fused-ring (bicyclic) bond motifs is 1. The highest BCUT2D eigenvalue weighted by molar-refractivity contribution is 5.95. The molecular weight excluding hydrogens is 488 g/mol. The molecular formula is C27H30N6O5. The number of nitrogens with one attached hydrogen (secondary N) is 2. The Morgan fingerprint density at radius 3 is 2.37 bits per heavy atom. The van der Waals surface area contributed by atoms with Gasteiger partial charge in [-0.3, -0.25) is 23.7 Å². The van der Waals surface area contributed by atoms with Gasteiger partial charge in [0.05, 0.1) is 7.11 Å². The molecule has 0 bridgehead atoms. The number of esters is 1. The number of methoxy groups -OCH3 is 1. The molecule has 0 aliphatic carbocycles. The molecule has 11 heteroatoms. The summed E-state index contributed by atoms with van der Waals surface area (Å²) in [5, 5.41) is 2.69. The topological polar surface area (TPSA) is 141 Å². The van der Waals surface area contributed by atoms with Gasteiger partial charge in [0.1, 0.15) is 23.1 Å². The van der Waals surface area contributed by atoms with E-state index in [0.717, 1.165) is 5.56 Å². The number of aromatic nitrogens is 5. The predicted molar refractivity (Wildman–Crippen MR) is 142 cm³/mol. The molecule has 3 aromatic heterocycles. The third-order valence-corrected chi connectivity index (χ3v) is 6.10. The molecule has 1 atom stereocenters. The monoisotopic (exact) mass is 518 g/mol. The molecule has 3 heterocycles. The average molecular weight is 519 g/mol. The first kappa shape index (κ1) is 26.5. The van der Waals surface area contributed by atoms with E-state index >= 15 is 0 Å². The number of imidazole rings is 1. The van der Waals surface area contributed by atoms with Gasteiger partial charge in [0.25, 0.3) is 11.5 Å². The van der Waals surface area contributed by atoms with E-state index in [2.05, 4.69) is 20.3 Å². The number of pyridine rings is 1. The molecule has 198 valence electrons. The highest BCUT2D eigenvalue weighted by Crippen LogP contribution is 2.18. The second-order valence-corrected chi connectivity index (χ2v) is 8.85. The minimum absolute atomic E-state index is 0.0972. The van der Waals surface area contributed by atoms with Crippen LogP contribution in [0.5, 0.6) is 0 Å². The number of amides is 1. The normalized spacial score (nSPS) is 11.9. The van der Waals surface area contributed by atoms with E-state index in [1.54, 1.807) is 6.07 Å². The van der Waals surface area contributed by atoms with Gasteiger partial charge in [-0.25, -0.2) is 14.6 Å². The lowest BCUT2D eigenvalue weighted by molar-refractivity contribution is -0.142. The highest BCUT2D eigenvalue weighted by Gasteiger charge is 2.23. The fourth-order valence-electron chi connectivity index (χ4n) is 4.24. The van der Waals surface area contributed by atoms with E-state index in [9.17, 15) is 19.2 Å². The Labute approximate surface area is 218 Å². The summed E-state index contributed by atoms with van der Waals surface area (Å²) in [6, 6.07) is 11.5. The number of ether oxygens (including phenoxy) is 1. The molecule has 0 fully saturated rings. The van der Waals surface area contributed by atoms with Gasteiger partial charge in [-0.2, -0.15) is 0 Å². The molecule has 38 heavy (non-hydrogen) atoms. The third kappa shape index (κ3) is 5.41. The number of hydrogen-bond acceptors (Lipinski definition) is 7. The van der Waals surface area contributed by atoms with Crippen LogP contribution >= 0.6 is 0 Å². The summed E-state index contributed by atoms with van der Waals surface area (Å²) in [7, 11) is 1.27. The molecule has 0 spiro atoms. The minimum atomic E-state index is -0.882. The van der Waals surface area contributed by atoms with Crippen LogP contribution in [0.15, 0.2) is 58.3 Å². The number of hydrogen-bond donors (Lipinski definition) is 2. The van der Waals surface area contributed by atoms with Gasteiger partial charge in [0, 0.05) is 31.3 Å². The number of aromatic amines is 1. The number of rotatable bonds is 10. The number of carbonyl (C=O) groups excluding carboxylic acids is 2. The van der Waals surface area contributed by atoms with Crippen molar-refractivity contribution in [2.75, 3.05) is 7.11 Å². The lowest BCUT2D eigenvalue weighted by Gasteiger charge is -2.16. The van der Waals surface area contributed by atoms with E-state index in [-0.39, 0.29) is 29.0 Å². The van der Waals surface area contributed by atoms with E-state index in [1.165, 1.54) is 28.5 Å². The van der Waals surface area contributed by atoms with Gasteiger partial charge in [-0.15, -0.1) is 0 Å². The molecule has 0 aliphatic rings. The summed E-state index contributed by atoms with van der Waals surface area (Å²) >= 11 is 0. The molecule has 1 aromatic carbocycles. The van der Waals surface area contributed by atoms with E-state index in [4.69, 9.17) is 4.74 Å². The maximum absolute atomic E-state index is 13.0. The van der Waals surface area contributed by atoms with E-state index < -0.39 is 23.5 Å². The Morgan fingerprint density at radius 2 is 1.74 bits per heavy atom. The van der Waals surface area contributed by atoms with Crippen LogP contribution in [-0.2, 0) is 29.0 Å². The van der Waals surface area contributed by atoms with Crippen molar-refractivity contribution < 1.29 is 14.3 Å². The zero-order chi connectivity index (χ0) is 27.2. The van der Waals surface area contributed by atoms with Crippen molar-refractivity contribution in [1.29, 1.82) is 0 Å². The Morgan fingerprint density at radius 1 is 1.03 bits per heavy atom. The van der Waals surface area contributed by atoms with Crippen LogP contribution in [0.3, 0.4) is 0 Å². The van der Waals surface area contributed by atoms with Gasteiger partial charge >= 0.3 is 11.7 Å². The van der Waals surface area contributed by atoms with E-state index in [1.807, 2.05) is 44.2 Å². The minimum Gasteiger partial charge on any atom is -0.467 e. The molecule has 1 unspecified atom stereocenters. The number of nitrogens with zero attached hydrogens (tertiary/aromatic N) is 4. The summed E-state index contributed by atoms with van der Waals surface area (Å²) in [6.07, 6.45) is 3.06. The third-order valence-electron chi connectivity index (χ3n) is 6.10. The SMILES string of the molecule is CCCn1c(=O)c2[nH]c(-c3ccc(C(=O)NC(Cc4ccccc4)C(=O)OC)nc3)nc2n(CCC)c1=O. The first-order valence-corrected chi connectivity index (χ1v) is 12.5. The van der Waals surface area contributed by atoms with Crippen molar-refractivity contribution >= 4 is 23.0 Å². The van der Waals surface area contributed by atoms with Crippen LogP contribution < -0.4 is 16.6 Å². The van der Waals surface area contributed by atoms with Gasteiger partial charge in [-0.1, -0.05) is 44.2 Å². The van der Waals surface area contributed by atoms with E-state index in [0.29, 0.717) is 37.3 Å². The first-order chi connectivity index (χ1) is 18.4. The highest BCUT2D eigenvalue weighted by atomic mass is 16.5. The second-order valence-electron chi connectivity index (χ2n) is 8.85. The van der Waals surface area contributed by atoms with Crippen molar-refractivity contribution in [1.82, 2.24) is 29.4 Å². The van der Waals surface area contributed by atoms with Gasteiger partial charge in [0.15, 0.2) is 5.65 Å². The zero-order valence-corrected chi connectivity index (χ0v) is 21.6. The molecule has 4 aromatic rings.